The van der Waals surface area contributed by atoms with Gasteiger partial charge >= 0.3 is 0 Å². The van der Waals surface area contributed by atoms with Crippen LogP contribution in [0.25, 0.3) is 10.8 Å². The van der Waals surface area contributed by atoms with Crippen molar-refractivity contribution in [3.63, 3.8) is 0 Å². The Morgan fingerprint density at radius 3 is 2.38 bits per heavy atom. The zero-order valence-electron chi connectivity index (χ0n) is 6.66. The Bertz CT molecular complexity index is 457. The molecule has 0 radical (unpaired) electrons. The number of hydrogen-bond acceptors (Lipinski definition) is 2. The lowest BCUT2D eigenvalue weighted by Gasteiger charge is -2.03. The lowest BCUT2D eigenvalue weighted by Crippen LogP contribution is -1.80. The molecule has 0 bridgehead atoms. The van der Waals surface area contributed by atoms with Crippen LogP contribution in [0.15, 0.2) is 30.3 Å². The van der Waals surface area contributed by atoms with E-state index in [0.29, 0.717) is 5.39 Å². The Balaban J connectivity index is 3.00. The second-order valence-corrected chi connectivity index (χ2v) is 2.77. The average Bonchev–Trinajstić information content (AvgIpc) is 2.12. The minimum absolute atomic E-state index is 0.0349. The van der Waals surface area contributed by atoms with E-state index in [0.717, 1.165) is 6.07 Å². The molecule has 2 aromatic carbocycles. The molecule has 3 heteroatoms. The Morgan fingerprint density at radius 1 is 0.923 bits per heavy atom. The van der Waals surface area contributed by atoms with E-state index in [1.807, 2.05) is 0 Å². The molecular formula is C10H7FO2. The van der Waals surface area contributed by atoms with Gasteiger partial charge in [-0.05, 0) is 18.2 Å². The van der Waals surface area contributed by atoms with Gasteiger partial charge in [0, 0.05) is 5.39 Å². The summed E-state index contributed by atoms with van der Waals surface area (Å²) in [5, 5.41) is 19.0. The van der Waals surface area contributed by atoms with Gasteiger partial charge in [-0.25, -0.2) is 4.39 Å². The molecule has 0 saturated heterocycles. The number of fused-ring (bicyclic) bond motifs is 1. The first-order chi connectivity index (χ1) is 6.20. The second-order valence-electron chi connectivity index (χ2n) is 2.77. The van der Waals surface area contributed by atoms with E-state index in [1.54, 1.807) is 12.1 Å². The highest BCUT2D eigenvalue weighted by molar-refractivity contribution is 5.93. The highest BCUT2D eigenvalue weighted by atomic mass is 19.1. The highest BCUT2D eigenvalue weighted by Gasteiger charge is 2.07. The average molecular weight is 178 g/mol. The number of halogens is 1. The van der Waals surface area contributed by atoms with Crippen LogP contribution in [0.2, 0.25) is 0 Å². The molecule has 0 fully saturated rings. The molecule has 0 spiro atoms. The Kier molecular flexibility index (Phi) is 1.59. The van der Waals surface area contributed by atoms with Crippen molar-refractivity contribution in [1.82, 2.24) is 0 Å². The lowest BCUT2D eigenvalue weighted by molar-refractivity contribution is 0.471. The van der Waals surface area contributed by atoms with Gasteiger partial charge in [-0.15, -0.1) is 0 Å². The van der Waals surface area contributed by atoms with Crippen LogP contribution in [0.5, 0.6) is 11.5 Å². The number of phenols is 2. The fourth-order valence-electron chi connectivity index (χ4n) is 1.33. The first kappa shape index (κ1) is 7.86. The van der Waals surface area contributed by atoms with E-state index in [1.165, 1.54) is 12.1 Å². The van der Waals surface area contributed by atoms with Gasteiger partial charge in [-0.2, -0.15) is 0 Å². The summed E-state index contributed by atoms with van der Waals surface area (Å²) in [6.07, 6.45) is 0. The van der Waals surface area contributed by atoms with Crippen LogP contribution in [-0.2, 0) is 0 Å². The standard InChI is InChI=1S/C10H7FO2/c11-7-4-5-8(12)6-2-1-3-9(13)10(6)7/h1-5,12-13H. The largest absolute Gasteiger partial charge is 0.507 e. The smallest absolute Gasteiger partial charge is 0.135 e. The fraction of sp³-hybridized carbons (Fsp3) is 0. The zero-order valence-corrected chi connectivity index (χ0v) is 6.66. The Morgan fingerprint density at radius 2 is 1.69 bits per heavy atom. The number of hydrogen-bond donors (Lipinski definition) is 2. The number of phenolic OH excluding ortho intramolecular Hbond substituents is 2. The monoisotopic (exact) mass is 178 g/mol. The molecule has 13 heavy (non-hydrogen) atoms. The van der Waals surface area contributed by atoms with Crippen molar-refractivity contribution in [2.75, 3.05) is 0 Å². The van der Waals surface area contributed by atoms with Crippen LogP contribution >= 0.6 is 0 Å². The maximum atomic E-state index is 13.2. The van der Waals surface area contributed by atoms with Gasteiger partial charge in [0.15, 0.2) is 0 Å². The van der Waals surface area contributed by atoms with Crippen LogP contribution in [0.4, 0.5) is 4.39 Å². The summed E-state index contributed by atoms with van der Waals surface area (Å²) in [5.74, 6) is -0.732. The summed E-state index contributed by atoms with van der Waals surface area (Å²) >= 11 is 0. The van der Waals surface area contributed by atoms with Gasteiger partial charge in [0.05, 0.1) is 5.39 Å². The highest BCUT2D eigenvalue weighted by Crippen LogP contribution is 2.32. The van der Waals surface area contributed by atoms with Crippen molar-refractivity contribution >= 4 is 10.8 Å². The molecular weight excluding hydrogens is 171 g/mol. The Hall–Kier alpha value is -1.77. The molecule has 0 aliphatic heterocycles. The first-order valence-corrected chi connectivity index (χ1v) is 3.79. The molecule has 0 unspecified atom stereocenters. The molecule has 2 aromatic rings. The van der Waals surface area contributed by atoms with Crippen molar-refractivity contribution in [2.45, 2.75) is 0 Å². The number of benzene rings is 2. The quantitative estimate of drug-likeness (QED) is 0.650. The van der Waals surface area contributed by atoms with Gasteiger partial charge in [0.25, 0.3) is 0 Å². The molecule has 2 N–H and O–H groups in total. The first-order valence-electron chi connectivity index (χ1n) is 3.79. The fourth-order valence-corrected chi connectivity index (χ4v) is 1.33. The molecule has 66 valence electrons. The molecule has 0 aliphatic rings. The topological polar surface area (TPSA) is 40.5 Å². The summed E-state index contributed by atoms with van der Waals surface area (Å²) in [7, 11) is 0. The van der Waals surface area contributed by atoms with Crippen LogP contribution in [-0.4, -0.2) is 10.2 Å². The summed E-state index contributed by atoms with van der Waals surface area (Å²) < 4.78 is 13.2. The predicted molar refractivity (Wildman–Crippen MR) is 47.2 cm³/mol. The summed E-state index contributed by atoms with van der Waals surface area (Å²) in [4.78, 5) is 0. The normalized spacial score (nSPS) is 10.5. The van der Waals surface area contributed by atoms with E-state index in [2.05, 4.69) is 0 Å². The molecule has 2 nitrogen and oxygen atoms in total. The SMILES string of the molecule is Oc1ccc(F)c2c(O)cccc12. The van der Waals surface area contributed by atoms with Gasteiger partial charge < -0.3 is 10.2 Å². The van der Waals surface area contributed by atoms with Crippen molar-refractivity contribution in [1.29, 1.82) is 0 Å². The van der Waals surface area contributed by atoms with E-state index in [-0.39, 0.29) is 16.9 Å². The van der Waals surface area contributed by atoms with E-state index in [4.69, 9.17) is 0 Å². The molecule has 0 aromatic heterocycles. The minimum Gasteiger partial charge on any atom is -0.507 e. The van der Waals surface area contributed by atoms with Crippen molar-refractivity contribution < 1.29 is 14.6 Å². The minimum atomic E-state index is -0.536. The molecule has 2 rings (SSSR count). The Labute approximate surface area is 73.9 Å². The zero-order chi connectivity index (χ0) is 9.42. The third kappa shape index (κ3) is 1.09. The lowest BCUT2D eigenvalue weighted by atomic mass is 10.1. The maximum absolute atomic E-state index is 13.2. The van der Waals surface area contributed by atoms with Gasteiger partial charge in [-0.1, -0.05) is 12.1 Å². The number of aromatic hydroxyl groups is 2. The van der Waals surface area contributed by atoms with Crippen molar-refractivity contribution in [2.24, 2.45) is 0 Å². The van der Waals surface area contributed by atoms with Crippen molar-refractivity contribution in [3.8, 4) is 11.5 Å². The third-order valence-corrected chi connectivity index (χ3v) is 1.94. The van der Waals surface area contributed by atoms with Crippen LogP contribution in [0.1, 0.15) is 0 Å². The van der Waals surface area contributed by atoms with Crippen LogP contribution in [0, 0.1) is 5.82 Å². The molecule has 0 amide bonds. The summed E-state index contributed by atoms with van der Waals surface area (Å²) in [5.41, 5.74) is 0. The van der Waals surface area contributed by atoms with Crippen LogP contribution in [0.3, 0.4) is 0 Å². The predicted octanol–water partition coefficient (Wildman–Crippen LogP) is 2.39. The van der Waals surface area contributed by atoms with Gasteiger partial charge in [-0.3, -0.25) is 0 Å². The van der Waals surface area contributed by atoms with Crippen molar-refractivity contribution in [3.05, 3.63) is 36.1 Å². The van der Waals surface area contributed by atoms with Gasteiger partial charge in [0.2, 0.25) is 0 Å². The maximum Gasteiger partial charge on any atom is 0.135 e. The molecule has 0 atom stereocenters. The van der Waals surface area contributed by atoms with E-state index in [9.17, 15) is 14.6 Å². The second kappa shape index (κ2) is 2.62. The molecule has 0 saturated carbocycles. The summed E-state index contributed by atoms with van der Waals surface area (Å²) in [6.45, 7) is 0. The third-order valence-electron chi connectivity index (χ3n) is 1.94. The van der Waals surface area contributed by atoms with Crippen LogP contribution < -0.4 is 0 Å². The van der Waals surface area contributed by atoms with Gasteiger partial charge in [0.1, 0.15) is 17.3 Å². The summed E-state index contributed by atoms with van der Waals surface area (Å²) in [6, 6.07) is 6.86. The van der Waals surface area contributed by atoms with E-state index >= 15 is 0 Å². The molecule has 0 heterocycles. The van der Waals surface area contributed by atoms with E-state index < -0.39 is 5.82 Å². The number of rotatable bonds is 0. The molecule has 0 aliphatic carbocycles.